The van der Waals surface area contributed by atoms with Gasteiger partial charge in [0.1, 0.15) is 17.6 Å². The fraction of sp³-hybridized carbons (Fsp3) is 0.231. The van der Waals surface area contributed by atoms with E-state index in [1.165, 1.54) is 11.8 Å². The van der Waals surface area contributed by atoms with Gasteiger partial charge in [-0.05, 0) is 36.4 Å². The number of hydrogen-bond donors (Lipinski definition) is 2. The Balaban J connectivity index is 1.61. The minimum atomic E-state index is -1.34. The molecule has 0 aliphatic carbocycles. The van der Waals surface area contributed by atoms with Crippen LogP contribution in [0.5, 0.6) is 0 Å². The van der Waals surface area contributed by atoms with Crippen LogP contribution in [-0.2, 0) is 14.2 Å². The van der Waals surface area contributed by atoms with E-state index in [2.05, 4.69) is 0 Å². The number of rotatable bonds is 7. The molecule has 0 spiro atoms. The zero-order valence-corrected chi connectivity index (χ0v) is 18.9. The second-order valence-corrected chi connectivity index (χ2v) is 8.79. The molecule has 1 aliphatic heterocycles. The lowest BCUT2D eigenvalue weighted by Crippen LogP contribution is -2.60. The standard InChI is InChI=1S/C26H24O7S/c27-16-20-22(32-24(29)17-10-4-1-5-11-17)23(33-25(30)18-12-6-2-7-13-18)21(28)26(31-20)34-19-14-8-3-9-15-19/h1-15,20-23,26-28H,16H2. The van der Waals surface area contributed by atoms with Gasteiger partial charge in [0.2, 0.25) is 0 Å². The molecule has 1 saturated heterocycles. The van der Waals surface area contributed by atoms with Crippen molar-refractivity contribution in [3.05, 3.63) is 102 Å². The van der Waals surface area contributed by atoms with E-state index >= 15 is 0 Å². The summed E-state index contributed by atoms with van der Waals surface area (Å²) in [6, 6.07) is 25.8. The van der Waals surface area contributed by atoms with Crippen molar-refractivity contribution < 1.29 is 34.0 Å². The Morgan fingerprint density at radius 1 is 0.765 bits per heavy atom. The second kappa shape index (κ2) is 11.3. The third-order valence-electron chi connectivity index (χ3n) is 5.30. The van der Waals surface area contributed by atoms with Gasteiger partial charge in [-0.1, -0.05) is 66.4 Å². The number of ether oxygens (including phenoxy) is 3. The molecule has 0 amide bonds. The minimum Gasteiger partial charge on any atom is -0.452 e. The average molecular weight is 481 g/mol. The molecule has 0 aromatic heterocycles. The monoisotopic (exact) mass is 480 g/mol. The van der Waals surface area contributed by atoms with Gasteiger partial charge in [-0.25, -0.2) is 9.59 Å². The molecule has 5 unspecified atom stereocenters. The van der Waals surface area contributed by atoms with E-state index in [1.807, 2.05) is 30.3 Å². The van der Waals surface area contributed by atoms with E-state index in [0.717, 1.165) is 4.90 Å². The number of thioether (sulfide) groups is 1. The van der Waals surface area contributed by atoms with Crippen molar-refractivity contribution in [1.82, 2.24) is 0 Å². The largest absolute Gasteiger partial charge is 0.452 e. The first-order valence-electron chi connectivity index (χ1n) is 10.7. The summed E-state index contributed by atoms with van der Waals surface area (Å²) in [7, 11) is 0. The van der Waals surface area contributed by atoms with Gasteiger partial charge in [0.25, 0.3) is 0 Å². The molecule has 8 heteroatoms. The van der Waals surface area contributed by atoms with E-state index in [1.54, 1.807) is 60.7 Å². The van der Waals surface area contributed by atoms with Gasteiger partial charge in [0.05, 0.1) is 17.7 Å². The predicted molar refractivity (Wildman–Crippen MR) is 125 cm³/mol. The SMILES string of the molecule is O=C(OC1C(CO)OC(Sc2ccccc2)C(O)C1OC(=O)c1ccccc1)c1ccccc1. The number of esters is 2. The minimum absolute atomic E-state index is 0.280. The molecule has 34 heavy (non-hydrogen) atoms. The average Bonchev–Trinajstić information content (AvgIpc) is 2.89. The molecule has 1 heterocycles. The normalized spacial score (nSPS) is 24.2. The lowest BCUT2D eigenvalue weighted by atomic mass is 9.99. The molecule has 4 rings (SSSR count). The zero-order valence-electron chi connectivity index (χ0n) is 18.1. The molecule has 7 nitrogen and oxygen atoms in total. The molecule has 1 fully saturated rings. The van der Waals surface area contributed by atoms with Crippen LogP contribution in [0.25, 0.3) is 0 Å². The second-order valence-electron chi connectivity index (χ2n) is 7.62. The fourth-order valence-electron chi connectivity index (χ4n) is 3.58. The number of aliphatic hydroxyl groups is 2. The molecule has 0 saturated carbocycles. The highest BCUT2D eigenvalue weighted by molar-refractivity contribution is 7.99. The van der Waals surface area contributed by atoms with Crippen LogP contribution in [0, 0.1) is 0 Å². The van der Waals surface area contributed by atoms with Crippen LogP contribution in [0.1, 0.15) is 20.7 Å². The van der Waals surface area contributed by atoms with Crippen molar-refractivity contribution in [2.75, 3.05) is 6.61 Å². The summed E-state index contributed by atoms with van der Waals surface area (Å²) in [5.74, 6) is -1.37. The molecule has 176 valence electrons. The smallest absolute Gasteiger partial charge is 0.338 e. The first kappa shape index (κ1) is 24.0. The maximum atomic E-state index is 12.8. The van der Waals surface area contributed by atoms with Crippen molar-refractivity contribution in [1.29, 1.82) is 0 Å². The highest BCUT2D eigenvalue weighted by Crippen LogP contribution is 2.36. The zero-order chi connectivity index (χ0) is 23.9. The summed E-state index contributed by atoms with van der Waals surface area (Å²) in [6.45, 7) is -0.509. The number of hydrogen-bond acceptors (Lipinski definition) is 8. The first-order valence-corrected chi connectivity index (χ1v) is 11.6. The lowest BCUT2D eigenvalue weighted by molar-refractivity contribution is -0.206. The summed E-state index contributed by atoms with van der Waals surface area (Å²) in [5.41, 5.74) is -0.315. The highest BCUT2D eigenvalue weighted by Gasteiger charge is 2.50. The Hall–Kier alpha value is -3.17. The summed E-state index contributed by atoms with van der Waals surface area (Å²) >= 11 is 1.22. The summed E-state index contributed by atoms with van der Waals surface area (Å²) < 4.78 is 17.2. The maximum absolute atomic E-state index is 12.8. The summed E-state index contributed by atoms with van der Waals surface area (Å²) in [4.78, 5) is 26.4. The Morgan fingerprint density at radius 3 is 1.74 bits per heavy atom. The number of benzene rings is 3. The topological polar surface area (TPSA) is 102 Å². The predicted octanol–water partition coefficient (Wildman–Crippen LogP) is 3.31. The molecule has 0 radical (unpaired) electrons. The molecule has 5 atom stereocenters. The molecular weight excluding hydrogens is 456 g/mol. The molecular formula is C26H24O7S. The van der Waals surface area contributed by atoms with Crippen LogP contribution in [-0.4, -0.2) is 58.6 Å². The number of carbonyl (C=O) groups excluding carboxylic acids is 2. The molecule has 2 N–H and O–H groups in total. The third-order valence-corrected chi connectivity index (χ3v) is 6.46. The number of aliphatic hydroxyl groups excluding tert-OH is 2. The molecule has 3 aromatic carbocycles. The quantitative estimate of drug-likeness (QED) is 0.497. The summed E-state index contributed by atoms with van der Waals surface area (Å²) in [6.07, 6.45) is -4.86. The highest BCUT2D eigenvalue weighted by atomic mass is 32.2. The van der Waals surface area contributed by atoms with Crippen LogP contribution in [0.4, 0.5) is 0 Å². The van der Waals surface area contributed by atoms with Gasteiger partial charge in [0.15, 0.2) is 12.2 Å². The van der Waals surface area contributed by atoms with Gasteiger partial charge in [-0.3, -0.25) is 0 Å². The van der Waals surface area contributed by atoms with Gasteiger partial charge in [-0.15, -0.1) is 0 Å². The van der Waals surface area contributed by atoms with E-state index in [0.29, 0.717) is 0 Å². The van der Waals surface area contributed by atoms with Crippen molar-refractivity contribution in [3.63, 3.8) is 0 Å². The van der Waals surface area contributed by atoms with Crippen molar-refractivity contribution in [2.24, 2.45) is 0 Å². The third kappa shape index (κ3) is 5.66. The summed E-state index contributed by atoms with van der Waals surface area (Å²) in [5, 5.41) is 21.2. The van der Waals surface area contributed by atoms with Crippen molar-refractivity contribution in [3.8, 4) is 0 Å². The van der Waals surface area contributed by atoms with Crippen LogP contribution >= 0.6 is 11.8 Å². The number of carbonyl (C=O) groups is 2. The van der Waals surface area contributed by atoms with E-state index in [9.17, 15) is 19.8 Å². The molecule has 1 aliphatic rings. The van der Waals surface area contributed by atoms with Gasteiger partial charge >= 0.3 is 11.9 Å². The Kier molecular flexibility index (Phi) is 7.97. The van der Waals surface area contributed by atoms with Crippen molar-refractivity contribution in [2.45, 2.75) is 34.7 Å². The maximum Gasteiger partial charge on any atom is 0.338 e. The Bertz CT molecular complexity index is 1080. The van der Waals surface area contributed by atoms with Crippen LogP contribution in [0.3, 0.4) is 0 Å². The molecule has 0 bridgehead atoms. The van der Waals surface area contributed by atoms with Crippen molar-refractivity contribution >= 4 is 23.7 Å². The van der Waals surface area contributed by atoms with Crippen LogP contribution in [0.2, 0.25) is 0 Å². The Labute approximate surface area is 201 Å². The van der Waals surface area contributed by atoms with E-state index in [-0.39, 0.29) is 11.1 Å². The lowest BCUT2D eigenvalue weighted by Gasteiger charge is -2.42. The first-order chi connectivity index (χ1) is 16.6. The van der Waals surface area contributed by atoms with Gasteiger partial charge < -0.3 is 24.4 Å². The van der Waals surface area contributed by atoms with Gasteiger partial charge in [0, 0.05) is 4.90 Å². The fourth-order valence-corrected chi connectivity index (χ4v) is 4.66. The van der Waals surface area contributed by atoms with Crippen LogP contribution < -0.4 is 0 Å². The van der Waals surface area contributed by atoms with E-state index in [4.69, 9.17) is 14.2 Å². The van der Waals surface area contributed by atoms with Gasteiger partial charge in [-0.2, -0.15) is 0 Å². The van der Waals surface area contributed by atoms with E-state index < -0.39 is 48.4 Å². The Morgan fingerprint density at radius 2 is 1.24 bits per heavy atom. The van der Waals surface area contributed by atoms with Crippen LogP contribution in [0.15, 0.2) is 95.9 Å². The molecule has 3 aromatic rings.